The fraction of sp³-hybridized carbons (Fsp3) is 0.650. The molecular weight excluding hydrogens is 348 g/mol. The number of nitrogens with zero attached hydrogens (tertiary/aromatic N) is 2. The van der Waals surface area contributed by atoms with Crippen LogP contribution in [-0.2, 0) is 20.6 Å². The van der Waals surface area contributed by atoms with E-state index in [9.17, 15) is 13.2 Å². The van der Waals surface area contributed by atoms with E-state index < -0.39 is 10.0 Å². The highest BCUT2D eigenvalue weighted by Crippen LogP contribution is 2.49. The predicted molar refractivity (Wildman–Crippen MR) is 101 cm³/mol. The Morgan fingerprint density at radius 3 is 2.35 bits per heavy atom. The zero-order valence-electron chi connectivity index (χ0n) is 15.2. The van der Waals surface area contributed by atoms with E-state index in [0.29, 0.717) is 38.5 Å². The van der Waals surface area contributed by atoms with Crippen molar-refractivity contribution < 1.29 is 13.2 Å². The summed E-state index contributed by atoms with van der Waals surface area (Å²) >= 11 is 0. The van der Waals surface area contributed by atoms with Crippen molar-refractivity contribution in [3.63, 3.8) is 0 Å². The third-order valence-electron chi connectivity index (χ3n) is 6.50. The Kier molecular flexibility index (Phi) is 5.06. The predicted octanol–water partition coefficient (Wildman–Crippen LogP) is 2.49. The Bertz CT molecular complexity index is 742. The Hall–Kier alpha value is -1.40. The summed E-state index contributed by atoms with van der Waals surface area (Å²) in [5.41, 5.74) is 0.808. The van der Waals surface area contributed by atoms with E-state index in [0.717, 1.165) is 17.4 Å². The Labute approximate surface area is 156 Å². The molecular formula is C20H28N2O3S. The summed E-state index contributed by atoms with van der Waals surface area (Å²) in [6.07, 6.45) is 5.87. The largest absolute Gasteiger partial charge is 0.340 e. The molecule has 1 amide bonds. The lowest BCUT2D eigenvalue weighted by Gasteiger charge is -2.35. The van der Waals surface area contributed by atoms with Crippen LogP contribution in [0.4, 0.5) is 0 Å². The van der Waals surface area contributed by atoms with Gasteiger partial charge in [-0.3, -0.25) is 4.79 Å². The van der Waals surface area contributed by atoms with E-state index in [2.05, 4.69) is 0 Å². The molecule has 26 heavy (non-hydrogen) atoms. The molecule has 3 atom stereocenters. The van der Waals surface area contributed by atoms with Crippen LogP contribution >= 0.6 is 0 Å². The molecule has 3 fully saturated rings. The van der Waals surface area contributed by atoms with Crippen LogP contribution in [0.3, 0.4) is 0 Å². The molecule has 4 rings (SSSR count). The molecule has 6 heteroatoms. The average Bonchev–Trinajstić information content (AvgIpc) is 3.25. The smallest absolute Gasteiger partial charge is 0.222 e. The van der Waals surface area contributed by atoms with Crippen LogP contribution < -0.4 is 0 Å². The van der Waals surface area contributed by atoms with Crippen molar-refractivity contribution in [1.82, 2.24) is 9.21 Å². The van der Waals surface area contributed by atoms with Gasteiger partial charge in [0.15, 0.2) is 0 Å². The van der Waals surface area contributed by atoms with Crippen LogP contribution in [0.15, 0.2) is 30.3 Å². The van der Waals surface area contributed by atoms with Gasteiger partial charge < -0.3 is 4.90 Å². The van der Waals surface area contributed by atoms with Crippen LogP contribution in [0.1, 0.15) is 37.7 Å². The topological polar surface area (TPSA) is 57.7 Å². The number of fused-ring (bicyclic) bond motifs is 2. The highest BCUT2D eigenvalue weighted by molar-refractivity contribution is 7.88. The molecule has 1 saturated heterocycles. The first kappa shape index (κ1) is 18.0. The minimum absolute atomic E-state index is 0.0347. The summed E-state index contributed by atoms with van der Waals surface area (Å²) in [7, 11) is -3.32. The molecule has 1 heterocycles. The van der Waals surface area contributed by atoms with Gasteiger partial charge in [-0.25, -0.2) is 8.42 Å². The molecule has 1 aliphatic heterocycles. The maximum absolute atomic E-state index is 12.6. The van der Waals surface area contributed by atoms with Crippen molar-refractivity contribution in [2.24, 2.45) is 17.8 Å². The number of carbonyl (C=O) groups excluding carboxylic acids is 1. The molecule has 142 valence electrons. The number of hydrogen-bond donors (Lipinski definition) is 0. The zero-order chi connectivity index (χ0) is 18.1. The molecule has 0 aromatic heterocycles. The van der Waals surface area contributed by atoms with Crippen LogP contribution in [-0.4, -0.2) is 49.7 Å². The first-order valence-electron chi connectivity index (χ1n) is 9.81. The number of amides is 1. The van der Waals surface area contributed by atoms with Gasteiger partial charge in [0, 0.05) is 32.6 Å². The third-order valence-corrected chi connectivity index (χ3v) is 8.35. The normalized spacial score (nSPS) is 29.2. The maximum Gasteiger partial charge on any atom is 0.222 e. The minimum Gasteiger partial charge on any atom is -0.340 e. The molecule has 5 nitrogen and oxygen atoms in total. The van der Waals surface area contributed by atoms with E-state index in [1.807, 2.05) is 35.2 Å². The van der Waals surface area contributed by atoms with Gasteiger partial charge in [0.1, 0.15) is 0 Å². The van der Waals surface area contributed by atoms with Crippen molar-refractivity contribution in [3.8, 4) is 0 Å². The van der Waals surface area contributed by atoms with Gasteiger partial charge in [0.2, 0.25) is 15.9 Å². The fourth-order valence-electron chi connectivity index (χ4n) is 5.07. The lowest BCUT2D eigenvalue weighted by atomic mass is 9.86. The van der Waals surface area contributed by atoms with Gasteiger partial charge in [-0.2, -0.15) is 4.31 Å². The summed E-state index contributed by atoms with van der Waals surface area (Å²) in [5.74, 6) is 2.45. The van der Waals surface area contributed by atoms with Crippen molar-refractivity contribution in [2.75, 3.05) is 26.2 Å². The third kappa shape index (κ3) is 3.81. The van der Waals surface area contributed by atoms with Gasteiger partial charge in [-0.1, -0.05) is 36.8 Å². The Morgan fingerprint density at radius 1 is 1.00 bits per heavy atom. The van der Waals surface area contributed by atoms with Crippen LogP contribution in [0.25, 0.3) is 0 Å². The second-order valence-corrected chi connectivity index (χ2v) is 10.1. The molecule has 2 aliphatic carbocycles. The number of benzene rings is 1. The Morgan fingerprint density at radius 2 is 1.73 bits per heavy atom. The molecule has 1 aromatic carbocycles. The number of rotatable bonds is 5. The van der Waals surface area contributed by atoms with Crippen LogP contribution in [0, 0.1) is 17.8 Å². The average molecular weight is 377 g/mol. The molecule has 0 N–H and O–H groups in total. The quantitative estimate of drug-likeness (QED) is 0.793. The summed E-state index contributed by atoms with van der Waals surface area (Å²) in [6, 6.07) is 9.28. The van der Waals surface area contributed by atoms with E-state index in [1.165, 1.54) is 25.7 Å². The number of hydrogen-bond acceptors (Lipinski definition) is 3. The molecule has 2 bridgehead atoms. The SMILES string of the molecule is O=C(C[C@H]1C[C@@H]2CC[C@@H]1C2)N1CCN(S(=O)(=O)Cc2ccccc2)CC1. The molecule has 3 aliphatic rings. The summed E-state index contributed by atoms with van der Waals surface area (Å²) in [4.78, 5) is 14.5. The highest BCUT2D eigenvalue weighted by atomic mass is 32.2. The second kappa shape index (κ2) is 7.31. The van der Waals surface area contributed by atoms with Crippen LogP contribution in [0.2, 0.25) is 0 Å². The lowest BCUT2D eigenvalue weighted by Crippen LogP contribution is -2.51. The number of piperazine rings is 1. The van der Waals surface area contributed by atoms with E-state index in [-0.39, 0.29) is 11.7 Å². The van der Waals surface area contributed by atoms with Crippen LogP contribution in [0.5, 0.6) is 0 Å². The Balaban J connectivity index is 1.29. The van der Waals surface area contributed by atoms with E-state index in [4.69, 9.17) is 0 Å². The summed E-state index contributed by atoms with van der Waals surface area (Å²) < 4.78 is 26.8. The standard InChI is InChI=1S/C20H28N2O3S/c23-20(14-19-13-17-6-7-18(19)12-17)21-8-10-22(11-9-21)26(24,25)15-16-4-2-1-3-5-16/h1-5,17-19H,6-15H2/t17-,18-,19-/m1/s1. The second-order valence-electron chi connectivity index (χ2n) is 8.16. The van der Waals surface area contributed by atoms with Gasteiger partial charge in [0.05, 0.1) is 5.75 Å². The molecule has 0 spiro atoms. The van der Waals surface area contributed by atoms with Gasteiger partial charge in [-0.05, 0) is 42.6 Å². The van der Waals surface area contributed by atoms with Gasteiger partial charge >= 0.3 is 0 Å². The van der Waals surface area contributed by atoms with Crippen molar-refractivity contribution in [3.05, 3.63) is 35.9 Å². The fourth-order valence-corrected chi connectivity index (χ4v) is 6.59. The summed E-state index contributed by atoms with van der Waals surface area (Å²) in [6.45, 7) is 1.87. The van der Waals surface area contributed by atoms with Crippen molar-refractivity contribution in [2.45, 2.75) is 37.9 Å². The highest BCUT2D eigenvalue weighted by Gasteiger charge is 2.41. The van der Waals surface area contributed by atoms with Gasteiger partial charge in [-0.15, -0.1) is 0 Å². The van der Waals surface area contributed by atoms with Gasteiger partial charge in [0.25, 0.3) is 0 Å². The number of sulfonamides is 1. The van der Waals surface area contributed by atoms with Crippen molar-refractivity contribution >= 4 is 15.9 Å². The lowest BCUT2D eigenvalue weighted by molar-refractivity contribution is -0.133. The number of carbonyl (C=O) groups is 1. The first-order valence-corrected chi connectivity index (χ1v) is 11.4. The van der Waals surface area contributed by atoms with E-state index in [1.54, 1.807) is 4.31 Å². The maximum atomic E-state index is 12.6. The first-order chi connectivity index (χ1) is 12.5. The zero-order valence-corrected chi connectivity index (χ0v) is 16.0. The van der Waals surface area contributed by atoms with E-state index >= 15 is 0 Å². The van der Waals surface area contributed by atoms with Crippen molar-refractivity contribution in [1.29, 1.82) is 0 Å². The minimum atomic E-state index is -3.32. The monoisotopic (exact) mass is 376 g/mol. The molecule has 2 saturated carbocycles. The molecule has 0 radical (unpaired) electrons. The molecule has 0 unspecified atom stereocenters. The summed E-state index contributed by atoms with van der Waals surface area (Å²) in [5, 5.41) is 0. The molecule has 1 aromatic rings.